The number of rotatable bonds is 7. The summed E-state index contributed by atoms with van der Waals surface area (Å²) in [6.45, 7) is 0. The van der Waals surface area contributed by atoms with Crippen LogP contribution < -0.4 is 10.6 Å². The Hall–Kier alpha value is -1.62. The molecule has 2 fully saturated rings. The van der Waals surface area contributed by atoms with Crippen LogP contribution in [0.1, 0.15) is 25.7 Å². The lowest BCUT2D eigenvalue weighted by Gasteiger charge is -2.35. The third kappa shape index (κ3) is 2.90. The number of amides is 2. The van der Waals surface area contributed by atoms with Gasteiger partial charge in [0.15, 0.2) is 0 Å². The van der Waals surface area contributed by atoms with Crippen molar-refractivity contribution < 1.29 is 44.7 Å². The van der Waals surface area contributed by atoms with Gasteiger partial charge >= 0.3 is 23.7 Å². The van der Waals surface area contributed by atoms with Gasteiger partial charge in [-0.2, -0.15) is 35.1 Å². The van der Waals surface area contributed by atoms with Gasteiger partial charge in [0.2, 0.25) is 0 Å². The molecule has 0 aliphatic heterocycles. The van der Waals surface area contributed by atoms with Crippen LogP contribution >= 0.6 is 0 Å². The van der Waals surface area contributed by atoms with Crippen molar-refractivity contribution in [1.29, 1.82) is 0 Å². The average Bonchev–Trinajstić information content (AvgIpc) is 3.33. The van der Waals surface area contributed by atoms with E-state index in [1.807, 2.05) is 0 Å². The highest BCUT2D eigenvalue weighted by Crippen LogP contribution is 2.53. The molecule has 24 heavy (non-hydrogen) atoms. The molecule has 2 aliphatic carbocycles. The van der Waals surface area contributed by atoms with Crippen molar-refractivity contribution in [2.24, 2.45) is 0 Å². The van der Waals surface area contributed by atoms with Crippen molar-refractivity contribution in [3.8, 4) is 0 Å². The molecule has 2 rings (SSSR count). The maximum absolute atomic E-state index is 13.5. The minimum atomic E-state index is -6.79. The molecule has 0 aromatic heterocycles. The molecular weight excluding hydrogens is 356 g/mol. The molecule has 0 bridgehead atoms. The minimum absolute atomic E-state index is 0.170. The van der Waals surface area contributed by atoms with Crippen LogP contribution in [-0.2, 0) is 9.59 Å². The van der Waals surface area contributed by atoms with Crippen LogP contribution in [-0.4, -0.2) is 47.6 Å². The largest absolute Gasteiger partial charge is 0.392 e. The van der Waals surface area contributed by atoms with Gasteiger partial charge in [-0.25, -0.2) is 0 Å². The molecular formula is C12H12F8N2O2. The molecule has 138 valence electrons. The van der Waals surface area contributed by atoms with Gasteiger partial charge in [0.05, 0.1) is 0 Å². The smallest absolute Gasteiger partial charge is 0.348 e. The first kappa shape index (κ1) is 18.7. The van der Waals surface area contributed by atoms with Gasteiger partial charge < -0.3 is 10.6 Å². The summed E-state index contributed by atoms with van der Waals surface area (Å²) in [5, 5.41) is 2.70. The number of nitrogens with one attached hydrogen (secondary N) is 2. The van der Waals surface area contributed by atoms with Crippen LogP contribution in [0.3, 0.4) is 0 Å². The van der Waals surface area contributed by atoms with E-state index in [2.05, 4.69) is 0 Å². The predicted molar refractivity (Wildman–Crippen MR) is 62.1 cm³/mol. The second-order valence-corrected chi connectivity index (χ2v) is 5.79. The van der Waals surface area contributed by atoms with Gasteiger partial charge in [0.25, 0.3) is 11.8 Å². The summed E-state index contributed by atoms with van der Waals surface area (Å²) in [6.07, 6.45) is 0.682. The maximum Gasteiger partial charge on any atom is 0.392 e. The highest BCUT2D eigenvalue weighted by Gasteiger charge is 2.84. The van der Waals surface area contributed by atoms with Crippen molar-refractivity contribution in [3.63, 3.8) is 0 Å². The molecule has 0 spiro atoms. The Morgan fingerprint density at radius 2 is 0.875 bits per heavy atom. The summed E-state index contributed by atoms with van der Waals surface area (Å²) in [4.78, 5) is 22.1. The van der Waals surface area contributed by atoms with E-state index in [1.54, 1.807) is 0 Å². The summed E-state index contributed by atoms with van der Waals surface area (Å²) in [5.74, 6) is -31.4. The minimum Gasteiger partial charge on any atom is -0.348 e. The highest BCUT2D eigenvalue weighted by molar-refractivity contribution is 5.88. The fourth-order valence-corrected chi connectivity index (χ4v) is 1.69. The Morgan fingerprint density at radius 1 is 0.625 bits per heavy atom. The first-order chi connectivity index (χ1) is 10.7. The van der Waals surface area contributed by atoms with Gasteiger partial charge in [-0.05, 0) is 25.7 Å². The van der Waals surface area contributed by atoms with Crippen LogP contribution in [0.25, 0.3) is 0 Å². The van der Waals surface area contributed by atoms with Gasteiger partial charge in [0, 0.05) is 12.1 Å². The topological polar surface area (TPSA) is 58.2 Å². The Labute approximate surface area is 129 Å². The zero-order chi connectivity index (χ0) is 18.6. The molecule has 2 amide bonds. The van der Waals surface area contributed by atoms with Gasteiger partial charge in [-0.3, -0.25) is 9.59 Å². The molecule has 0 unspecified atom stereocenters. The second-order valence-electron chi connectivity index (χ2n) is 5.79. The van der Waals surface area contributed by atoms with Crippen LogP contribution in [0.4, 0.5) is 35.1 Å². The lowest BCUT2D eigenvalue weighted by atomic mass is 9.97. The van der Waals surface area contributed by atoms with Crippen molar-refractivity contribution >= 4 is 11.8 Å². The molecule has 0 atom stereocenters. The van der Waals surface area contributed by atoms with Crippen LogP contribution in [0, 0.1) is 0 Å². The predicted octanol–water partition coefficient (Wildman–Crippen LogP) is 2.08. The highest BCUT2D eigenvalue weighted by atomic mass is 19.4. The Morgan fingerprint density at radius 3 is 1.08 bits per heavy atom. The van der Waals surface area contributed by atoms with E-state index in [-0.39, 0.29) is 25.7 Å². The third-order valence-electron chi connectivity index (χ3n) is 3.58. The van der Waals surface area contributed by atoms with Crippen LogP contribution in [0.2, 0.25) is 0 Å². The molecule has 2 saturated carbocycles. The van der Waals surface area contributed by atoms with Crippen molar-refractivity contribution in [2.45, 2.75) is 61.5 Å². The first-order valence-corrected chi connectivity index (χ1v) is 6.88. The van der Waals surface area contributed by atoms with Crippen molar-refractivity contribution in [3.05, 3.63) is 0 Å². The van der Waals surface area contributed by atoms with Crippen LogP contribution in [0.15, 0.2) is 0 Å². The van der Waals surface area contributed by atoms with Crippen LogP contribution in [0.5, 0.6) is 0 Å². The third-order valence-corrected chi connectivity index (χ3v) is 3.58. The van der Waals surface area contributed by atoms with E-state index in [9.17, 15) is 44.7 Å². The summed E-state index contributed by atoms with van der Waals surface area (Å²) in [7, 11) is 0. The lowest BCUT2D eigenvalue weighted by Crippen LogP contribution is -2.69. The molecule has 2 aliphatic rings. The van der Waals surface area contributed by atoms with E-state index in [0.29, 0.717) is 0 Å². The molecule has 0 radical (unpaired) electrons. The first-order valence-electron chi connectivity index (χ1n) is 6.88. The van der Waals surface area contributed by atoms with E-state index < -0.39 is 47.6 Å². The summed E-state index contributed by atoms with van der Waals surface area (Å²) in [6, 6.07) is -1.79. The average molecular weight is 368 g/mol. The molecule has 0 aromatic rings. The van der Waals surface area contributed by atoms with Gasteiger partial charge in [0.1, 0.15) is 0 Å². The summed E-state index contributed by atoms with van der Waals surface area (Å²) < 4.78 is 108. The number of hydrogen-bond acceptors (Lipinski definition) is 2. The molecule has 0 saturated heterocycles. The SMILES string of the molecule is O=C(NC1CC1)C(F)(F)C(F)(F)C(F)(F)C(F)(F)C(=O)NC1CC1. The van der Waals surface area contributed by atoms with E-state index >= 15 is 0 Å². The number of carbonyl (C=O) groups excluding carboxylic acids is 2. The number of carbonyl (C=O) groups is 2. The molecule has 2 N–H and O–H groups in total. The van der Waals surface area contributed by atoms with Gasteiger partial charge in [-0.15, -0.1) is 0 Å². The van der Waals surface area contributed by atoms with E-state index in [4.69, 9.17) is 0 Å². The normalized spacial score (nSPS) is 19.8. The summed E-state index contributed by atoms with van der Waals surface area (Å²) in [5.41, 5.74) is 0. The number of alkyl halides is 8. The van der Waals surface area contributed by atoms with E-state index in [0.717, 1.165) is 0 Å². The fraction of sp³-hybridized carbons (Fsp3) is 0.833. The van der Waals surface area contributed by atoms with E-state index in [1.165, 1.54) is 10.6 Å². The second kappa shape index (κ2) is 5.45. The van der Waals surface area contributed by atoms with Crippen molar-refractivity contribution in [2.75, 3.05) is 0 Å². The zero-order valence-electron chi connectivity index (χ0n) is 11.8. The quantitative estimate of drug-likeness (QED) is 0.676. The Bertz CT molecular complexity index is 495. The fourth-order valence-electron chi connectivity index (χ4n) is 1.69. The van der Waals surface area contributed by atoms with Gasteiger partial charge in [-0.1, -0.05) is 0 Å². The zero-order valence-corrected chi connectivity index (χ0v) is 11.8. The number of halogens is 8. The maximum atomic E-state index is 13.5. The molecule has 12 heteroatoms. The molecule has 4 nitrogen and oxygen atoms in total. The summed E-state index contributed by atoms with van der Waals surface area (Å²) >= 11 is 0. The lowest BCUT2D eigenvalue weighted by molar-refractivity contribution is -0.347. The molecule has 0 heterocycles. The Balaban J connectivity index is 2.25. The monoisotopic (exact) mass is 368 g/mol. The molecule has 0 aromatic carbocycles. The Kier molecular flexibility index (Phi) is 4.25. The number of hydrogen-bond donors (Lipinski definition) is 2. The van der Waals surface area contributed by atoms with Crippen molar-refractivity contribution in [1.82, 2.24) is 10.6 Å². The standard InChI is InChI=1S/C12H12F8N2O2/c13-9(14,7(23)21-5-1-2-5)11(17,18)12(19,20)10(15,16)8(24)22-6-3-4-6/h5-6H,1-4H2,(H,21,23)(H,22,24).